The fraction of sp³-hybridized carbons (Fsp3) is 0.0909. The first-order chi connectivity index (χ1) is 6.24. The van der Waals surface area contributed by atoms with Gasteiger partial charge in [-0.3, -0.25) is 0 Å². The summed E-state index contributed by atoms with van der Waals surface area (Å²) in [5, 5.41) is 0. The van der Waals surface area contributed by atoms with Crippen molar-refractivity contribution in [2.24, 2.45) is 0 Å². The van der Waals surface area contributed by atoms with Gasteiger partial charge in [0.25, 0.3) is 0 Å². The molecule has 1 nitrogen and oxygen atoms in total. The van der Waals surface area contributed by atoms with E-state index in [1.165, 1.54) is 6.07 Å². The van der Waals surface area contributed by atoms with E-state index in [4.69, 9.17) is 5.73 Å². The van der Waals surface area contributed by atoms with Gasteiger partial charge in [0.1, 0.15) is 5.82 Å². The van der Waals surface area contributed by atoms with Crippen LogP contribution in [0, 0.1) is 5.82 Å². The van der Waals surface area contributed by atoms with E-state index in [2.05, 4.69) is 0 Å². The summed E-state index contributed by atoms with van der Waals surface area (Å²) in [5.41, 5.74) is 6.40. The normalized spacial score (nSPS) is 11.5. The highest BCUT2D eigenvalue weighted by atomic mass is 19.1. The Morgan fingerprint density at radius 1 is 1.31 bits per heavy atom. The minimum absolute atomic E-state index is 0.291. The molecule has 0 saturated heterocycles. The highest BCUT2D eigenvalue weighted by Crippen LogP contribution is 2.12. The molecule has 0 aromatic heterocycles. The van der Waals surface area contributed by atoms with Gasteiger partial charge in [0.15, 0.2) is 0 Å². The highest BCUT2D eigenvalue weighted by molar-refractivity contribution is 5.55. The Labute approximate surface area is 77.4 Å². The Bertz CT molecular complexity index is 340. The van der Waals surface area contributed by atoms with Crippen molar-refractivity contribution in [3.05, 3.63) is 47.8 Å². The van der Waals surface area contributed by atoms with Crippen molar-refractivity contribution in [3.63, 3.8) is 0 Å². The predicted octanol–water partition coefficient (Wildman–Crippen LogP) is 3.00. The van der Waals surface area contributed by atoms with Crippen LogP contribution in [0.1, 0.15) is 12.5 Å². The van der Waals surface area contributed by atoms with Gasteiger partial charge in [0.2, 0.25) is 0 Å². The van der Waals surface area contributed by atoms with Crippen LogP contribution in [-0.2, 0) is 0 Å². The molecule has 0 radical (unpaired) electrons. The standard InChI is InChI=1S/C11H12FN/c1-2-3-4-5-9-6-7-10(13)8-11(9)12/h2-8H,13H2,1H3/b3-2-,5-4-. The molecule has 2 heteroatoms. The molecule has 0 saturated carbocycles. The Morgan fingerprint density at radius 3 is 2.69 bits per heavy atom. The first-order valence-corrected chi connectivity index (χ1v) is 4.08. The number of anilines is 1. The first kappa shape index (κ1) is 9.52. The lowest BCUT2D eigenvalue weighted by molar-refractivity contribution is 0.626. The quantitative estimate of drug-likeness (QED) is 0.545. The van der Waals surface area contributed by atoms with E-state index in [-0.39, 0.29) is 5.82 Å². The summed E-state index contributed by atoms with van der Waals surface area (Å²) in [4.78, 5) is 0. The molecule has 68 valence electrons. The van der Waals surface area contributed by atoms with Crippen LogP contribution in [0.4, 0.5) is 10.1 Å². The van der Waals surface area contributed by atoms with E-state index in [1.54, 1.807) is 24.3 Å². The van der Waals surface area contributed by atoms with Crippen LogP contribution in [0.2, 0.25) is 0 Å². The number of nitrogen functional groups attached to an aromatic ring is 1. The Hall–Kier alpha value is -1.57. The van der Waals surface area contributed by atoms with E-state index in [0.717, 1.165) is 0 Å². The number of benzene rings is 1. The summed E-state index contributed by atoms with van der Waals surface area (Å²) in [5.74, 6) is -0.291. The van der Waals surface area contributed by atoms with Crippen molar-refractivity contribution >= 4 is 11.8 Å². The molecule has 1 aromatic carbocycles. The van der Waals surface area contributed by atoms with Crippen molar-refractivity contribution in [1.29, 1.82) is 0 Å². The van der Waals surface area contributed by atoms with Gasteiger partial charge < -0.3 is 5.73 Å². The highest BCUT2D eigenvalue weighted by Gasteiger charge is 1.96. The average Bonchev–Trinajstić information content (AvgIpc) is 2.09. The second kappa shape index (κ2) is 4.45. The summed E-state index contributed by atoms with van der Waals surface area (Å²) in [6.07, 6.45) is 7.21. The zero-order valence-corrected chi connectivity index (χ0v) is 7.50. The number of hydrogen-bond donors (Lipinski definition) is 1. The van der Waals surface area contributed by atoms with Crippen LogP contribution in [0.3, 0.4) is 0 Å². The lowest BCUT2D eigenvalue weighted by Crippen LogP contribution is -1.87. The molecule has 0 aliphatic heterocycles. The van der Waals surface area contributed by atoms with Crippen LogP contribution in [0.25, 0.3) is 6.08 Å². The fourth-order valence-corrected chi connectivity index (χ4v) is 0.949. The molecule has 0 aliphatic rings. The topological polar surface area (TPSA) is 26.0 Å². The number of rotatable bonds is 2. The lowest BCUT2D eigenvalue weighted by Gasteiger charge is -1.97. The summed E-state index contributed by atoms with van der Waals surface area (Å²) >= 11 is 0. The van der Waals surface area contributed by atoms with Crippen LogP contribution in [-0.4, -0.2) is 0 Å². The van der Waals surface area contributed by atoms with E-state index in [1.807, 2.05) is 19.1 Å². The Kier molecular flexibility index (Phi) is 3.26. The second-order valence-electron chi connectivity index (χ2n) is 2.67. The molecule has 0 fully saturated rings. The van der Waals surface area contributed by atoms with Crippen molar-refractivity contribution in [3.8, 4) is 0 Å². The molecule has 13 heavy (non-hydrogen) atoms. The molecule has 0 bridgehead atoms. The van der Waals surface area contributed by atoms with E-state index in [9.17, 15) is 4.39 Å². The number of hydrogen-bond acceptors (Lipinski definition) is 1. The first-order valence-electron chi connectivity index (χ1n) is 4.08. The molecule has 1 aromatic rings. The van der Waals surface area contributed by atoms with Gasteiger partial charge in [-0.2, -0.15) is 0 Å². The van der Waals surface area contributed by atoms with Gasteiger partial charge in [-0.1, -0.05) is 24.3 Å². The molecule has 0 amide bonds. The largest absolute Gasteiger partial charge is 0.399 e. The van der Waals surface area contributed by atoms with Crippen molar-refractivity contribution in [2.75, 3.05) is 5.73 Å². The van der Waals surface area contributed by atoms with Gasteiger partial charge in [-0.25, -0.2) is 4.39 Å². The minimum Gasteiger partial charge on any atom is -0.399 e. The summed E-state index contributed by atoms with van der Waals surface area (Å²) in [7, 11) is 0. The number of allylic oxidation sites excluding steroid dienone is 3. The van der Waals surface area contributed by atoms with Crippen molar-refractivity contribution in [2.45, 2.75) is 6.92 Å². The lowest BCUT2D eigenvalue weighted by atomic mass is 10.2. The van der Waals surface area contributed by atoms with Crippen molar-refractivity contribution in [1.82, 2.24) is 0 Å². The van der Waals surface area contributed by atoms with Gasteiger partial charge in [0.05, 0.1) is 0 Å². The molecular formula is C11H12FN. The molecule has 1 rings (SSSR count). The van der Waals surface area contributed by atoms with Gasteiger partial charge in [-0.05, 0) is 25.1 Å². The third-order valence-electron chi connectivity index (χ3n) is 1.60. The van der Waals surface area contributed by atoms with Crippen LogP contribution < -0.4 is 5.73 Å². The summed E-state index contributed by atoms with van der Waals surface area (Å²) in [6.45, 7) is 1.91. The van der Waals surface area contributed by atoms with E-state index < -0.39 is 0 Å². The zero-order valence-electron chi connectivity index (χ0n) is 7.50. The zero-order chi connectivity index (χ0) is 9.68. The molecule has 0 atom stereocenters. The third kappa shape index (κ3) is 2.75. The molecule has 0 spiro atoms. The Morgan fingerprint density at radius 2 is 2.08 bits per heavy atom. The Balaban J connectivity index is 2.89. The molecule has 0 heterocycles. The van der Waals surface area contributed by atoms with Gasteiger partial charge in [-0.15, -0.1) is 0 Å². The summed E-state index contributed by atoms with van der Waals surface area (Å²) in [6, 6.07) is 4.65. The maximum atomic E-state index is 13.1. The van der Waals surface area contributed by atoms with Crippen molar-refractivity contribution < 1.29 is 4.39 Å². The number of nitrogens with two attached hydrogens (primary N) is 1. The SMILES string of the molecule is C/C=C\C=C/c1ccc(N)cc1F. The predicted molar refractivity (Wildman–Crippen MR) is 54.7 cm³/mol. The molecule has 0 aliphatic carbocycles. The molecule has 2 N–H and O–H groups in total. The molecule has 0 unspecified atom stereocenters. The maximum absolute atomic E-state index is 13.1. The minimum atomic E-state index is -0.291. The van der Waals surface area contributed by atoms with Gasteiger partial charge in [0, 0.05) is 11.3 Å². The monoisotopic (exact) mass is 177 g/mol. The fourth-order valence-electron chi connectivity index (χ4n) is 0.949. The number of halogens is 1. The third-order valence-corrected chi connectivity index (χ3v) is 1.60. The van der Waals surface area contributed by atoms with Crippen LogP contribution in [0.15, 0.2) is 36.4 Å². The maximum Gasteiger partial charge on any atom is 0.132 e. The van der Waals surface area contributed by atoms with Crippen LogP contribution in [0.5, 0.6) is 0 Å². The average molecular weight is 177 g/mol. The summed E-state index contributed by atoms with van der Waals surface area (Å²) < 4.78 is 13.1. The van der Waals surface area contributed by atoms with Gasteiger partial charge >= 0.3 is 0 Å². The molecular weight excluding hydrogens is 165 g/mol. The van der Waals surface area contributed by atoms with E-state index in [0.29, 0.717) is 11.3 Å². The van der Waals surface area contributed by atoms with Crippen LogP contribution >= 0.6 is 0 Å². The van der Waals surface area contributed by atoms with E-state index >= 15 is 0 Å². The smallest absolute Gasteiger partial charge is 0.132 e. The second-order valence-corrected chi connectivity index (χ2v) is 2.67.